The van der Waals surface area contributed by atoms with E-state index < -0.39 is 17.5 Å². The molecule has 0 aliphatic carbocycles. The second kappa shape index (κ2) is 9.61. The molecule has 7 heteroatoms. The first-order valence-corrected chi connectivity index (χ1v) is 4.33. The quantitative estimate of drug-likeness (QED) is 0.234. The zero-order valence-corrected chi connectivity index (χ0v) is 14.4. The average Bonchev–Trinajstić information content (AvgIpc) is 2.28. The van der Waals surface area contributed by atoms with E-state index in [1.54, 1.807) is 12.1 Å². The van der Waals surface area contributed by atoms with Gasteiger partial charge in [0.25, 0.3) is 0 Å². The zero-order valence-electron chi connectivity index (χ0n) is 10.4. The number of hydrogen-bond acceptors (Lipinski definition) is 5. The van der Waals surface area contributed by atoms with Crippen molar-refractivity contribution in [2.24, 2.45) is 0 Å². The molecule has 0 N–H and O–H groups in total. The average molecular weight is 266 g/mol. The molecule has 0 spiro atoms. The number of methoxy groups -OCH3 is 1. The predicted octanol–water partition coefficient (Wildman–Crippen LogP) is -7.28. The Labute approximate surface area is 148 Å². The van der Waals surface area contributed by atoms with Crippen LogP contribution in [0.25, 0.3) is 5.76 Å². The number of carbonyl (C=O) groups excluding carboxylic acids is 2. The van der Waals surface area contributed by atoms with E-state index in [1.807, 2.05) is 0 Å². The molecule has 0 amide bonds. The molecular weight excluding hydrogens is 258 g/mol. The number of carboxylic acids is 1. The van der Waals surface area contributed by atoms with Crippen molar-refractivity contribution >= 4 is 17.5 Å². The van der Waals surface area contributed by atoms with Gasteiger partial charge in [-0.15, -0.1) is 0 Å². The number of rotatable bonds is 4. The maximum absolute atomic E-state index is 11.5. The predicted molar refractivity (Wildman–Crippen MR) is 51.0 cm³/mol. The van der Waals surface area contributed by atoms with Crippen LogP contribution in [-0.2, 0) is 9.59 Å². The molecule has 84 valence electrons. The van der Waals surface area contributed by atoms with Crippen LogP contribution in [0.5, 0.6) is 5.75 Å². The summed E-state index contributed by atoms with van der Waals surface area (Å²) in [7, 11) is 1.37. The molecule has 0 aromatic heterocycles. The maximum atomic E-state index is 11.5. The molecule has 0 radical (unpaired) electrons. The smallest absolute Gasteiger partial charge is 0.872 e. The number of hydrogen-bond donors (Lipinski definition) is 0. The number of para-hydroxylation sites is 1. The zero-order chi connectivity index (χ0) is 12.1. The summed E-state index contributed by atoms with van der Waals surface area (Å²) in [4.78, 5) is 20.9. The normalized spacial score (nSPS) is 9.72. The van der Waals surface area contributed by atoms with Crippen LogP contribution in [0.1, 0.15) is 5.56 Å². The molecule has 5 nitrogen and oxygen atoms in total. The molecule has 0 heterocycles. The van der Waals surface area contributed by atoms with Crippen molar-refractivity contribution in [1.29, 1.82) is 0 Å². The Bertz CT molecular complexity index is 457. The van der Waals surface area contributed by atoms with Crippen molar-refractivity contribution < 1.29 is 83.7 Å². The molecule has 0 fully saturated rings. The summed E-state index contributed by atoms with van der Waals surface area (Å²) in [5, 5.41) is 21.6. The number of carbonyl (C=O) groups is 2. The summed E-state index contributed by atoms with van der Waals surface area (Å²) in [6.07, 6.45) is 0.465. The van der Waals surface area contributed by atoms with Crippen LogP contribution in [0.15, 0.2) is 30.3 Å². The van der Waals surface area contributed by atoms with Crippen LogP contribution >= 0.6 is 0 Å². The van der Waals surface area contributed by atoms with Gasteiger partial charge in [0.15, 0.2) is 0 Å². The third-order valence-corrected chi connectivity index (χ3v) is 1.84. The van der Waals surface area contributed by atoms with E-state index in [2.05, 4.69) is 0 Å². The van der Waals surface area contributed by atoms with Crippen molar-refractivity contribution in [3.63, 3.8) is 0 Å². The molecule has 0 aliphatic rings. The van der Waals surface area contributed by atoms with Crippen molar-refractivity contribution in [2.45, 2.75) is 0 Å². The largest absolute Gasteiger partial charge is 1.00 e. The summed E-state index contributed by atoms with van der Waals surface area (Å²) in [5.74, 6) is -3.74. The molecule has 0 unspecified atom stereocenters. The summed E-state index contributed by atoms with van der Waals surface area (Å²) < 4.78 is 4.89. The first kappa shape index (κ1) is 20.0. The van der Waals surface area contributed by atoms with Crippen LogP contribution in [0.2, 0.25) is 0 Å². The van der Waals surface area contributed by atoms with Gasteiger partial charge in [0.2, 0.25) is 5.78 Å². The summed E-state index contributed by atoms with van der Waals surface area (Å²) >= 11 is 0. The van der Waals surface area contributed by atoms with E-state index in [0.29, 0.717) is 6.08 Å². The molecule has 0 saturated heterocycles. The van der Waals surface area contributed by atoms with Gasteiger partial charge >= 0.3 is 59.1 Å². The topological polar surface area (TPSA) is 89.5 Å². The Kier molecular flexibility index (Phi) is 10.7. The minimum atomic E-state index is -1.91. The van der Waals surface area contributed by atoms with Crippen LogP contribution in [0.3, 0.4) is 0 Å². The van der Waals surface area contributed by atoms with Gasteiger partial charge in [0.05, 0.1) is 7.11 Å². The van der Waals surface area contributed by atoms with E-state index in [1.165, 1.54) is 19.2 Å². The van der Waals surface area contributed by atoms with E-state index >= 15 is 0 Å². The minimum Gasteiger partial charge on any atom is -0.872 e. The van der Waals surface area contributed by atoms with Crippen molar-refractivity contribution in [1.82, 2.24) is 0 Å². The Morgan fingerprint density at radius 1 is 1.17 bits per heavy atom. The van der Waals surface area contributed by atoms with Gasteiger partial charge in [-0.2, -0.15) is 0 Å². The van der Waals surface area contributed by atoms with E-state index in [-0.39, 0.29) is 70.4 Å². The fraction of sp³-hybridized carbons (Fsp3) is 0.0909. The molecular formula is C11H8Na2O5. The molecule has 1 aromatic rings. The second-order valence-corrected chi connectivity index (χ2v) is 2.86. The first-order valence-electron chi connectivity index (χ1n) is 4.33. The number of ketones is 1. The van der Waals surface area contributed by atoms with Crippen molar-refractivity contribution in [3.8, 4) is 5.75 Å². The van der Waals surface area contributed by atoms with Crippen LogP contribution in [-0.4, -0.2) is 18.9 Å². The molecule has 0 bridgehead atoms. The van der Waals surface area contributed by atoms with Gasteiger partial charge in [0, 0.05) is 5.56 Å². The number of ether oxygens (including phenoxy) is 1. The Hall–Kier alpha value is -0.300. The molecule has 0 aliphatic heterocycles. The standard InChI is InChI=1S/C11H10O5.2Na/c1-16-10-5-3-2-4-7(10)8(12)6-9(13)11(14)15;;/h2-6,12H,1H3,(H,14,15);;/q;2*+1/p-2/b8-6-;;. The Morgan fingerprint density at radius 2 is 1.72 bits per heavy atom. The minimum absolute atomic E-state index is 0. The van der Waals surface area contributed by atoms with Gasteiger partial charge in [-0.25, -0.2) is 0 Å². The van der Waals surface area contributed by atoms with Crippen molar-refractivity contribution in [3.05, 3.63) is 35.9 Å². The van der Waals surface area contributed by atoms with E-state index in [0.717, 1.165) is 0 Å². The number of carboxylic acid groups (broad SMARTS) is 1. The Balaban J connectivity index is 0. The van der Waals surface area contributed by atoms with E-state index in [4.69, 9.17) is 4.74 Å². The summed E-state index contributed by atoms with van der Waals surface area (Å²) in [6.45, 7) is 0. The van der Waals surface area contributed by atoms with E-state index in [9.17, 15) is 19.8 Å². The summed E-state index contributed by atoms with van der Waals surface area (Å²) in [5.41, 5.74) is 0.125. The Morgan fingerprint density at radius 3 is 2.22 bits per heavy atom. The van der Waals surface area contributed by atoms with Crippen LogP contribution in [0, 0.1) is 0 Å². The number of benzene rings is 1. The first-order chi connectivity index (χ1) is 7.56. The van der Waals surface area contributed by atoms with Crippen LogP contribution < -0.4 is 74.1 Å². The maximum Gasteiger partial charge on any atom is 1.00 e. The molecule has 0 atom stereocenters. The fourth-order valence-electron chi connectivity index (χ4n) is 1.10. The van der Waals surface area contributed by atoms with Gasteiger partial charge in [-0.3, -0.25) is 4.79 Å². The van der Waals surface area contributed by atoms with Gasteiger partial charge in [-0.1, -0.05) is 24.0 Å². The molecule has 18 heavy (non-hydrogen) atoms. The fourth-order valence-corrected chi connectivity index (χ4v) is 1.10. The second-order valence-electron chi connectivity index (χ2n) is 2.86. The summed E-state index contributed by atoms with van der Waals surface area (Å²) in [6, 6.07) is 6.19. The van der Waals surface area contributed by atoms with Crippen LogP contribution in [0.4, 0.5) is 0 Å². The SMILES string of the molecule is COc1ccccc1/C([O-])=C/C(=O)C(=O)[O-].[Na+].[Na+]. The molecule has 1 aromatic carbocycles. The van der Waals surface area contributed by atoms with Gasteiger partial charge < -0.3 is 19.7 Å². The third kappa shape index (κ3) is 5.56. The van der Waals surface area contributed by atoms with Gasteiger partial charge in [0.1, 0.15) is 11.7 Å². The monoisotopic (exact) mass is 266 g/mol. The van der Waals surface area contributed by atoms with Gasteiger partial charge in [-0.05, 0) is 12.1 Å². The third-order valence-electron chi connectivity index (χ3n) is 1.84. The number of aliphatic carboxylic acids is 1. The molecule has 1 rings (SSSR count). The molecule has 0 saturated carbocycles. The van der Waals surface area contributed by atoms with Crippen molar-refractivity contribution in [2.75, 3.05) is 7.11 Å².